The number of nitrogens with zero attached hydrogens (tertiary/aromatic N) is 1. The van der Waals surface area contributed by atoms with Gasteiger partial charge in [-0.2, -0.15) is 0 Å². The van der Waals surface area contributed by atoms with E-state index in [0.29, 0.717) is 17.9 Å². The molecule has 6 nitrogen and oxygen atoms in total. The number of benzene rings is 1. The van der Waals surface area contributed by atoms with Crippen LogP contribution in [0.3, 0.4) is 0 Å². The van der Waals surface area contributed by atoms with Crippen LogP contribution in [-0.4, -0.2) is 41.8 Å². The van der Waals surface area contributed by atoms with E-state index >= 15 is 0 Å². The predicted molar refractivity (Wildman–Crippen MR) is 73.3 cm³/mol. The van der Waals surface area contributed by atoms with Gasteiger partial charge in [-0.1, -0.05) is 0 Å². The Bertz CT molecular complexity index is 628. The van der Waals surface area contributed by atoms with Crippen LogP contribution in [-0.2, 0) is 9.59 Å². The van der Waals surface area contributed by atoms with E-state index in [1.807, 2.05) is 6.92 Å². The maximum atomic E-state index is 12.4. The van der Waals surface area contributed by atoms with Gasteiger partial charge in [-0.3, -0.25) is 9.59 Å². The van der Waals surface area contributed by atoms with Crippen molar-refractivity contribution in [2.24, 2.45) is 5.92 Å². The standard InChI is InChI=1S/C15H17NO5/c1-15-7-10(12(14(18)19)13(17)16(15)2)9-6-8(20-3)4-5-11(9)21-15/h4-6,10,12H,7H2,1-3H3,(H,18,19)/t10-,12-,15-/m0/s1. The Balaban J connectivity index is 2.16. The Hall–Kier alpha value is -2.24. The molecule has 1 fully saturated rings. The molecule has 0 radical (unpaired) electrons. The Kier molecular flexibility index (Phi) is 2.86. The van der Waals surface area contributed by atoms with E-state index in [2.05, 4.69) is 0 Å². The number of likely N-dealkylation sites (tertiary alicyclic amines) is 1. The summed E-state index contributed by atoms with van der Waals surface area (Å²) < 4.78 is 11.1. The second-order valence-corrected chi connectivity index (χ2v) is 5.70. The number of carboxylic acids is 1. The summed E-state index contributed by atoms with van der Waals surface area (Å²) in [6.45, 7) is 1.81. The molecule has 0 aliphatic carbocycles. The SMILES string of the molecule is COc1ccc2c(c1)[C@@H]1C[C@](C)(O2)N(C)C(=O)[C@H]1C(=O)O. The predicted octanol–water partition coefficient (Wildman–Crippen LogP) is 1.45. The monoisotopic (exact) mass is 291 g/mol. The van der Waals surface area contributed by atoms with Gasteiger partial charge in [0.05, 0.1) is 7.11 Å². The van der Waals surface area contributed by atoms with Crippen molar-refractivity contribution in [2.75, 3.05) is 14.2 Å². The molecule has 1 aromatic carbocycles. The zero-order valence-electron chi connectivity index (χ0n) is 12.1. The second-order valence-electron chi connectivity index (χ2n) is 5.70. The first-order valence-corrected chi connectivity index (χ1v) is 6.75. The van der Waals surface area contributed by atoms with Gasteiger partial charge in [-0.15, -0.1) is 0 Å². The van der Waals surface area contributed by atoms with Crippen LogP contribution >= 0.6 is 0 Å². The number of amides is 1. The van der Waals surface area contributed by atoms with Crippen molar-refractivity contribution in [1.29, 1.82) is 0 Å². The quantitative estimate of drug-likeness (QED) is 0.835. The fraction of sp³-hybridized carbons (Fsp3) is 0.467. The van der Waals surface area contributed by atoms with Crippen LogP contribution in [0.5, 0.6) is 11.5 Å². The smallest absolute Gasteiger partial charge is 0.316 e. The summed E-state index contributed by atoms with van der Waals surface area (Å²) in [5.41, 5.74) is -0.0874. The van der Waals surface area contributed by atoms with E-state index in [4.69, 9.17) is 9.47 Å². The van der Waals surface area contributed by atoms with Gasteiger partial charge in [-0.05, 0) is 25.1 Å². The van der Waals surface area contributed by atoms with Gasteiger partial charge < -0.3 is 19.5 Å². The van der Waals surface area contributed by atoms with Gasteiger partial charge in [0, 0.05) is 24.9 Å². The first kappa shape index (κ1) is 13.7. The highest BCUT2D eigenvalue weighted by atomic mass is 16.5. The van der Waals surface area contributed by atoms with Crippen molar-refractivity contribution in [3.63, 3.8) is 0 Å². The minimum Gasteiger partial charge on any atom is -0.497 e. The molecule has 3 atom stereocenters. The number of carbonyl (C=O) groups excluding carboxylic acids is 1. The number of piperidine rings is 1. The molecule has 2 bridgehead atoms. The van der Waals surface area contributed by atoms with Crippen molar-refractivity contribution >= 4 is 11.9 Å². The summed E-state index contributed by atoms with van der Waals surface area (Å²) in [6, 6.07) is 5.29. The number of carboxylic acid groups (broad SMARTS) is 1. The van der Waals surface area contributed by atoms with Gasteiger partial charge in [0.25, 0.3) is 0 Å². The molecule has 1 aromatic rings. The second kappa shape index (κ2) is 4.38. The lowest BCUT2D eigenvalue weighted by Crippen LogP contribution is -2.62. The van der Waals surface area contributed by atoms with Crippen LogP contribution in [0.2, 0.25) is 0 Å². The van der Waals surface area contributed by atoms with E-state index in [9.17, 15) is 14.7 Å². The minimum absolute atomic E-state index is 0.407. The first-order chi connectivity index (χ1) is 9.87. The molecule has 112 valence electrons. The Morgan fingerprint density at radius 1 is 1.52 bits per heavy atom. The average Bonchev–Trinajstić information content (AvgIpc) is 2.44. The summed E-state index contributed by atoms with van der Waals surface area (Å²) >= 11 is 0. The van der Waals surface area contributed by atoms with Crippen LogP contribution in [0.4, 0.5) is 0 Å². The molecule has 1 N–H and O–H groups in total. The summed E-state index contributed by atoms with van der Waals surface area (Å²) in [5, 5.41) is 9.45. The molecule has 21 heavy (non-hydrogen) atoms. The molecule has 2 aliphatic rings. The number of methoxy groups -OCH3 is 1. The molecule has 1 saturated heterocycles. The molecule has 0 spiro atoms. The van der Waals surface area contributed by atoms with Gasteiger partial charge >= 0.3 is 5.97 Å². The van der Waals surface area contributed by atoms with Crippen molar-refractivity contribution in [3.8, 4) is 11.5 Å². The number of rotatable bonds is 2. The molecular weight excluding hydrogens is 274 g/mol. The summed E-state index contributed by atoms with van der Waals surface area (Å²) in [6.07, 6.45) is 0.451. The third-order valence-corrected chi connectivity index (χ3v) is 4.52. The highest BCUT2D eigenvalue weighted by Gasteiger charge is 2.55. The third-order valence-electron chi connectivity index (χ3n) is 4.52. The molecule has 0 aromatic heterocycles. The molecular formula is C15H17NO5. The fourth-order valence-corrected chi connectivity index (χ4v) is 3.23. The minimum atomic E-state index is -1.10. The summed E-state index contributed by atoms with van der Waals surface area (Å²) in [5.74, 6) is -1.78. The number of ether oxygens (including phenoxy) is 2. The molecule has 2 aliphatic heterocycles. The molecule has 6 heteroatoms. The van der Waals surface area contributed by atoms with E-state index in [1.165, 1.54) is 4.90 Å². The first-order valence-electron chi connectivity index (χ1n) is 6.75. The third kappa shape index (κ3) is 1.86. The van der Waals surface area contributed by atoms with E-state index in [-0.39, 0.29) is 0 Å². The molecule has 1 amide bonds. The van der Waals surface area contributed by atoms with Crippen LogP contribution in [0.1, 0.15) is 24.8 Å². The van der Waals surface area contributed by atoms with Crippen LogP contribution in [0.25, 0.3) is 0 Å². The molecule has 0 saturated carbocycles. The normalized spacial score (nSPS) is 30.4. The number of hydrogen-bond acceptors (Lipinski definition) is 4. The van der Waals surface area contributed by atoms with Crippen LogP contribution in [0, 0.1) is 5.92 Å². The zero-order valence-corrected chi connectivity index (χ0v) is 12.1. The number of carbonyl (C=O) groups is 2. The van der Waals surface area contributed by atoms with Crippen molar-refractivity contribution in [2.45, 2.75) is 25.0 Å². The fourth-order valence-electron chi connectivity index (χ4n) is 3.23. The highest BCUT2D eigenvalue weighted by Crippen LogP contribution is 2.50. The Morgan fingerprint density at radius 2 is 2.24 bits per heavy atom. The topological polar surface area (TPSA) is 76.1 Å². The van der Waals surface area contributed by atoms with E-state index < -0.39 is 29.4 Å². The number of aliphatic carboxylic acids is 1. The van der Waals surface area contributed by atoms with Gasteiger partial charge in [0.15, 0.2) is 5.72 Å². The Morgan fingerprint density at radius 3 is 2.86 bits per heavy atom. The molecule has 3 rings (SSSR count). The molecule has 2 heterocycles. The van der Waals surface area contributed by atoms with Crippen LogP contribution in [0.15, 0.2) is 18.2 Å². The van der Waals surface area contributed by atoms with Crippen LogP contribution < -0.4 is 9.47 Å². The van der Waals surface area contributed by atoms with E-state index in [1.54, 1.807) is 32.4 Å². The lowest BCUT2D eigenvalue weighted by atomic mass is 9.74. The van der Waals surface area contributed by atoms with Crippen molar-refractivity contribution in [1.82, 2.24) is 4.90 Å². The number of hydrogen-bond donors (Lipinski definition) is 1. The lowest BCUT2D eigenvalue weighted by molar-refractivity contribution is -0.176. The van der Waals surface area contributed by atoms with Gasteiger partial charge in [0.2, 0.25) is 5.91 Å². The number of fused-ring (bicyclic) bond motifs is 4. The average molecular weight is 291 g/mol. The van der Waals surface area contributed by atoms with Gasteiger partial charge in [0.1, 0.15) is 17.4 Å². The highest BCUT2D eigenvalue weighted by molar-refractivity contribution is 5.99. The molecule has 0 unspecified atom stereocenters. The largest absolute Gasteiger partial charge is 0.497 e. The lowest BCUT2D eigenvalue weighted by Gasteiger charge is -2.51. The maximum Gasteiger partial charge on any atom is 0.316 e. The van der Waals surface area contributed by atoms with Crippen molar-refractivity contribution < 1.29 is 24.2 Å². The van der Waals surface area contributed by atoms with Crippen molar-refractivity contribution in [3.05, 3.63) is 23.8 Å². The Labute approximate surface area is 122 Å². The maximum absolute atomic E-state index is 12.4. The summed E-state index contributed by atoms with van der Waals surface area (Å²) in [4.78, 5) is 25.3. The summed E-state index contributed by atoms with van der Waals surface area (Å²) in [7, 11) is 3.13. The van der Waals surface area contributed by atoms with E-state index in [0.717, 1.165) is 5.56 Å². The van der Waals surface area contributed by atoms with Gasteiger partial charge in [-0.25, -0.2) is 0 Å². The zero-order chi connectivity index (χ0) is 15.4.